The van der Waals surface area contributed by atoms with E-state index in [9.17, 15) is 4.39 Å². The molecular weight excluding hydrogens is 277 g/mol. The number of rotatable bonds is 7. The van der Waals surface area contributed by atoms with Gasteiger partial charge in [-0.25, -0.2) is 14.4 Å². The molecule has 0 amide bonds. The number of hydrogen-bond acceptors (Lipinski definition) is 5. The molecule has 0 aliphatic carbocycles. The van der Waals surface area contributed by atoms with Crippen LogP contribution < -0.4 is 10.1 Å². The maximum Gasteiger partial charge on any atom is 0.218 e. The van der Waals surface area contributed by atoms with Gasteiger partial charge in [-0.1, -0.05) is 6.92 Å². The summed E-state index contributed by atoms with van der Waals surface area (Å²) in [5.41, 5.74) is 3.61. The second kappa shape index (κ2) is 7.31. The van der Waals surface area contributed by atoms with Crippen LogP contribution in [-0.2, 0) is 13.0 Å². The van der Waals surface area contributed by atoms with Gasteiger partial charge in [0, 0.05) is 23.4 Å². The number of nitrogens with zero attached hydrogens (tertiary/aromatic N) is 2. The molecule has 0 atom stereocenters. The molecule has 1 N–H and O–H groups in total. The molecule has 2 aromatic rings. The molecule has 2 aromatic heterocycles. The predicted molar refractivity (Wildman–Crippen MR) is 77.6 cm³/mol. The number of aromatic nitrogens is 2. The van der Waals surface area contributed by atoms with Gasteiger partial charge in [-0.2, -0.15) is 0 Å². The van der Waals surface area contributed by atoms with Crippen molar-refractivity contribution in [1.29, 1.82) is 0 Å². The molecule has 0 radical (unpaired) electrons. The van der Waals surface area contributed by atoms with Crippen LogP contribution in [0.5, 0.6) is 5.88 Å². The van der Waals surface area contributed by atoms with Crippen LogP contribution in [0.4, 0.5) is 4.39 Å². The Balaban J connectivity index is 1.96. The average Bonchev–Trinajstić information content (AvgIpc) is 2.84. The minimum Gasteiger partial charge on any atom is -0.477 e. The molecule has 0 unspecified atom stereocenters. The van der Waals surface area contributed by atoms with Crippen molar-refractivity contribution in [1.82, 2.24) is 15.3 Å². The summed E-state index contributed by atoms with van der Waals surface area (Å²) in [5, 5.41) is 3.15. The average molecular weight is 295 g/mol. The molecule has 0 spiro atoms. The molecule has 6 heteroatoms. The fourth-order valence-electron chi connectivity index (χ4n) is 1.79. The van der Waals surface area contributed by atoms with E-state index in [0.29, 0.717) is 19.0 Å². The Labute approximate surface area is 122 Å². The van der Waals surface area contributed by atoms with Crippen molar-refractivity contribution in [2.75, 3.05) is 13.2 Å². The monoisotopic (exact) mass is 295 g/mol. The number of aryl methyl sites for hydroxylation is 1. The SMILES string of the molecule is CCNCc1cc(F)cnc1OCCc1scnc1C. The van der Waals surface area contributed by atoms with Gasteiger partial charge in [-0.05, 0) is 19.5 Å². The summed E-state index contributed by atoms with van der Waals surface area (Å²) in [7, 11) is 0. The van der Waals surface area contributed by atoms with E-state index in [2.05, 4.69) is 15.3 Å². The van der Waals surface area contributed by atoms with Crippen LogP contribution in [0, 0.1) is 12.7 Å². The zero-order chi connectivity index (χ0) is 14.4. The Kier molecular flexibility index (Phi) is 5.43. The molecule has 0 saturated heterocycles. The quantitative estimate of drug-likeness (QED) is 0.853. The smallest absolute Gasteiger partial charge is 0.218 e. The maximum atomic E-state index is 13.2. The predicted octanol–water partition coefficient (Wildman–Crippen LogP) is 2.72. The number of nitrogens with one attached hydrogen (secondary N) is 1. The second-order valence-electron chi connectivity index (χ2n) is 4.36. The third kappa shape index (κ3) is 3.98. The molecule has 0 aromatic carbocycles. The minimum absolute atomic E-state index is 0.344. The molecule has 108 valence electrons. The second-order valence-corrected chi connectivity index (χ2v) is 5.30. The molecular formula is C14H18FN3OS. The van der Waals surface area contributed by atoms with E-state index in [1.165, 1.54) is 17.1 Å². The summed E-state index contributed by atoms with van der Waals surface area (Å²) < 4.78 is 18.9. The zero-order valence-electron chi connectivity index (χ0n) is 11.6. The third-order valence-electron chi connectivity index (χ3n) is 2.87. The molecule has 2 rings (SSSR count). The van der Waals surface area contributed by atoms with E-state index in [4.69, 9.17) is 4.74 Å². The lowest BCUT2D eigenvalue weighted by Gasteiger charge is -2.10. The van der Waals surface area contributed by atoms with Crippen LogP contribution in [-0.4, -0.2) is 23.1 Å². The van der Waals surface area contributed by atoms with Gasteiger partial charge < -0.3 is 10.1 Å². The lowest BCUT2D eigenvalue weighted by Crippen LogP contribution is -2.14. The van der Waals surface area contributed by atoms with Gasteiger partial charge in [-0.3, -0.25) is 0 Å². The Morgan fingerprint density at radius 1 is 1.40 bits per heavy atom. The molecule has 0 bridgehead atoms. The Hall–Kier alpha value is -1.53. The number of thiazole rings is 1. The number of hydrogen-bond donors (Lipinski definition) is 1. The zero-order valence-corrected chi connectivity index (χ0v) is 12.5. The van der Waals surface area contributed by atoms with Crippen molar-refractivity contribution >= 4 is 11.3 Å². The van der Waals surface area contributed by atoms with Gasteiger partial charge in [0.2, 0.25) is 5.88 Å². The highest BCUT2D eigenvalue weighted by Gasteiger charge is 2.08. The minimum atomic E-state index is -0.344. The van der Waals surface area contributed by atoms with E-state index >= 15 is 0 Å². The van der Waals surface area contributed by atoms with Crippen LogP contribution >= 0.6 is 11.3 Å². The van der Waals surface area contributed by atoms with E-state index < -0.39 is 0 Å². The van der Waals surface area contributed by atoms with Crippen molar-refractivity contribution in [3.8, 4) is 5.88 Å². The summed E-state index contributed by atoms with van der Waals surface area (Å²) in [6.07, 6.45) is 1.97. The highest BCUT2D eigenvalue weighted by atomic mass is 32.1. The lowest BCUT2D eigenvalue weighted by atomic mass is 10.2. The highest BCUT2D eigenvalue weighted by molar-refractivity contribution is 7.09. The van der Waals surface area contributed by atoms with Crippen molar-refractivity contribution < 1.29 is 9.13 Å². The van der Waals surface area contributed by atoms with Gasteiger partial charge in [0.05, 0.1) is 24.0 Å². The van der Waals surface area contributed by atoms with Gasteiger partial charge in [0.15, 0.2) is 0 Å². The topological polar surface area (TPSA) is 47.0 Å². The fourth-order valence-corrected chi connectivity index (χ4v) is 2.55. The van der Waals surface area contributed by atoms with E-state index in [1.54, 1.807) is 11.3 Å². The van der Waals surface area contributed by atoms with Crippen molar-refractivity contribution in [2.24, 2.45) is 0 Å². The first kappa shape index (κ1) is 14.9. The van der Waals surface area contributed by atoms with Crippen LogP contribution in [0.25, 0.3) is 0 Å². The van der Waals surface area contributed by atoms with E-state index in [1.807, 2.05) is 19.4 Å². The summed E-state index contributed by atoms with van der Waals surface area (Å²) in [6, 6.07) is 1.46. The van der Waals surface area contributed by atoms with Crippen LogP contribution in [0.2, 0.25) is 0 Å². The standard InChI is InChI=1S/C14H18FN3OS/c1-3-16-7-11-6-12(15)8-17-14(11)19-5-4-13-10(2)18-9-20-13/h6,8-9,16H,3-5,7H2,1-2H3. The summed E-state index contributed by atoms with van der Waals surface area (Å²) in [6.45, 7) is 5.87. The molecule has 0 fully saturated rings. The maximum absolute atomic E-state index is 13.2. The van der Waals surface area contributed by atoms with Crippen molar-refractivity contribution in [2.45, 2.75) is 26.8 Å². The Morgan fingerprint density at radius 2 is 2.25 bits per heavy atom. The largest absolute Gasteiger partial charge is 0.477 e. The first-order chi connectivity index (χ1) is 9.70. The van der Waals surface area contributed by atoms with Crippen molar-refractivity contribution in [3.05, 3.63) is 39.7 Å². The first-order valence-electron chi connectivity index (χ1n) is 6.57. The third-order valence-corrected chi connectivity index (χ3v) is 3.87. The van der Waals surface area contributed by atoms with E-state index in [-0.39, 0.29) is 5.82 Å². The number of pyridine rings is 1. The summed E-state index contributed by atoms with van der Waals surface area (Å²) in [5.74, 6) is 0.151. The molecule has 0 aliphatic rings. The molecule has 2 heterocycles. The molecule has 4 nitrogen and oxygen atoms in total. The highest BCUT2D eigenvalue weighted by Crippen LogP contribution is 2.18. The molecule has 0 saturated carbocycles. The van der Waals surface area contributed by atoms with Gasteiger partial charge >= 0.3 is 0 Å². The van der Waals surface area contributed by atoms with Crippen LogP contribution in [0.1, 0.15) is 23.1 Å². The van der Waals surface area contributed by atoms with Gasteiger partial charge in [-0.15, -0.1) is 11.3 Å². The van der Waals surface area contributed by atoms with Crippen LogP contribution in [0.15, 0.2) is 17.8 Å². The number of ether oxygens (including phenoxy) is 1. The molecule has 0 aliphatic heterocycles. The van der Waals surface area contributed by atoms with Crippen molar-refractivity contribution in [3.63, 3.8) is 0 Å². The molecule has 20 heavy (non-hydrogen) atoms. The normalized spacial score (nSPS) is 10.8. The van der Waals surface area contributed by atoms with Gasteiger partial charge in [0.1, 0.15) is 5.82 Å². The van der Waals surface area contributed by atoms with Gasteiger partial charge in [0.25, 0.3) is 0 Å². The lowest BCUT2D eigenvalue weighted by molar-refractivity contribution is 0.304. The Morgan fingerprint density at radius 3 is 2.95 bits per heavy atom. The summed E-state index contributed by atoms with van der Waals surface area (Å²) >= 11 is 1.62. The summed E-state index contributed by atoms with van der Waals surface area (Å²) in [4.78, 5) is 9.43. The fraction of sp³-hybridized carbons (Fsp3) is 0.429. The van der Waals surface area contributed by atoms with E-state index in [0.717, 1.165) is 24.2 Å². The first-order valence-corrected chi connectivity index (χ1v) is 7.45. The van der Waals surface area contributed by atoms with Crippen LogP contribution in [0.3, 0.4) is 0 Å². The number of halogens is 1. The Bertz CT molecular complexity index is 559.